The molecule has 2 saturated heterocycles. The second-order valence-electron chi connectivity index (χ2n) is 13.5. The largest absolute Gasteiger partial charge is 0.471 e. The Balaban J connectivity index is 0.000000232. The number of carbonyl (C=O) groups excluding carboxylic acids is 5. The van der Waals surface area contributed by atoms with E-state index < -0.39 is 36.0 Å². The Morgan fingerprint density at radius 2 is 1.02 bits per heavy atom. The number of nitrogens with two attached hydrogens (primary N) is 1. The number of nitrogens with one attached hydrogen (secondary N) is 1. The third-order valence-electron chi connectivity index (χ3n) is 9.35. The summed E-state index contributed by atoms with van der Waals surface area (Å²) in [6.07, 6.45) is -5.07. The van der Waals surface area contributed by atoms with Crippen LogP contribution in [0.4, 0.5) is 42.9 Å². The normalized spacial score (nSPS) is 14.0. The molecule has 0 radical (unpaired) electrons. The Hall–Kier alpha value is -6.24. The number of alkyl halides is 3. The summed E-state index contributed by atoms with van der Waals surface area (Å²) in [7, 11) is 0. The molecule has 5 amide bonds. The van der Waals surface area contributed by atoms with Crippen molar-refractivity contribution in [2.24, 2.45) is 5.73 Å². The number of benzene rings is 4. The average Bonchev–Trinajstić information content (AvgIpc) is 3.26. The van der Waals surface area contributed by atoms with Crippen molar-refractivity contribution in [3.05, 3.63) is 131 Å². The van der Waals surface area contributed by atoms with E-state index in [2.05, 4.69) is 0 Å². The smallest absolute Gasteiger partial charge is 0.378 e. The quantitative estimate of drug-likeness (QED) is 0.147. The summed E-state index contributed by atoms with van der Waals surface area (Å²) >= 11 is 0. The number of ketones is 2. The Kier molecular flexibility index (Phi) is 15.8. The zero-order valence-electron chi connectivity index (χ0n) is 32.3. The van der Waals surface area contributed by atoms with E-state index in [1.54, 1.807) is 52.3 Å². The van der Waals surface area contributed by atoms with Crippen LogP contribution in [0.5, 0.6) is 0 Å². The van der Waals surface area contributed by atoms with Crippen LogP contribution in [0.2, 0.25) is 0 Å². The molecule has 2 aliphatic heterocycles. The molecule has 3 N–H and O–H groups in total. The lowest BCUT2D eigenvalue weighted by molar-refractivity contribution is -0.173. The minimum atomic E-state index is -5.07. The number of Topliss-reactive ketones (excluding diaryl/α,β-unsaturated/α-hetero) is 2. The molecule has 0 atom stereocenters. The minimum Gasteiger partial charge on any atom is -0.378 e. The molecule has 6 rings (SSSR count). The molecular formula is C42H43F5N6O7. The fourth-order valence-corrected chi connectivity index (χ4v) is 6.12. The molecule has 318 valence electrons. The van der Waals surface area contributed by atoms with Gasteiger partial charge >= 0.3 is 24.1 Å². The van der Waals surface area contributed by atoms with E-state index in [0.29, 0.717) is 75.1 Å². The summed E-state index contributed by atoms with van der Waals surface area (Å²) in [5, 5.41) is 1.53. The monoisotopic (exact) mass is 838 g/mol. The summed E-state index contributed by atoms with van der Waals surface area (Å²) in [5.41, 5.74) is 8.27. The standard InChI is InChI=1S/C22H21F4N3O4.C20H22FN3O3/c23-17-2-1-3-18(12-17)29(21(32)28-8-10-33-11-9-28)14-15-4-6-16(7-5-15)19(30)13-27-20(31)22(24,25)26;21-17-2-1-3-18(12-17)24(20(26)23-8-10-27-11-9-23)14-15-4-6-16(7-5-15)19(25)13-22/h1-7,12H,8-11,13-14H2,(H,27,31);1-7,12H,8-11,13-14,22H2. The predicted molar refractivity (Wildman–Crippen MR) is 210 cm³/mol. The topological polar surface area (TPSA) is 155 Å². The van der Waals surface area contributed by atoms with Gasteiger partial charge in [-0.1, -0.05) is 60.7 Å². The maximum atomic E-state index is 13.8. The highest BCUT2D eigenvalue weighted by Crippen LogP contribution is 2.23. The van der Waals surface area contributed by atoms with E-state index in [0.717, 1.165) is 5.56 Å². The summed E-state index contributed by atoms with van der Waals surface area (Å²) in [6.45, 7) is 3.00. The van der Waals surface area contributed by atoms with E-state index >= 15 is 0 Å². The number of amides is 5. The lowest BCUT2D eigenvalue weighted by atomic mass is 10.1. The molecule has 0 aromatic heterocycles. The highest BCUT2D eigenvalue weighted by atomic mass is 19.4. The average molecular weight is 839 g/mol. The fraction of sp³-hybridized carbons (Fsp3) is 0.310. The summed E-state index contributed by atoms with van der Waals surface area (Å²) in [4.78, 5) is 67.0. The van der Waals surface area contributed by atoms with Crippen molar-refractivity contribution >= 4 is 40.9 Å². The lowest BCUT2D eigenvalue weighted by Crippen LogP contribution is -2.48. The van der Waals surface area contributed by atoms with Crippen LogP contribution < -0.4 is 20.9 Å². The third kappa shape index (κ3) is 12.6. The molecule has 60 heavy (non-hydrogen) atoms. The van der Waals surface area contributed by atoms with Crippen molar-refractivity contribution in [1.82, 2.24) is 15.1 Å². The number of hydrogen-bond donors (Lipinski definition) is 2. The van der Waals surface area contributed by atoms with Crippen LogP contribution in [0.15, 0.2) is 97.1 Å². The maximum Gasteiger partial charge on any atom is 0.471 e. The van der Waals surface area contributed by atoms with E-state index in [1.807, 2.05) is 0 Å². The molecule has 0 spiro atoms. The first-order valence-corrected chi connectivity index (χ1v) is 18.8. The number of urea groups is 2. The number of anilines is 2. The van der Waals surface area contributed by atoms with Gasteiger partial charge in [0.2, 0.25) is 0 Å². The number of nitrogens with zero attached hydrogens (tertiary/aromatic N) is 4. The molecule has 4 aromatic carbocycles. The van der Waals surface area contributed by atoms with Crippen LogP contribution in [0.1, 0.15) is 31.8 Å². The third-order valence-corrected chi connectivity index (χ3v) is 9.35. The molecule has 2 heterocycles. The second kappa shape index (κ2) is 21.1. The summed E-state index contributed by atoms with van der Waals surface area (Å²) in [6, 6.07) is 23.8. The van der Waals surface area contributed by atoms with Crippen LogP contribution in [-0.2, 0) is 27.4 Å². The van der Waals surface area contributed by atoms with Gasteiger partial charge in [-0.15, -0.1) is 0 Å². The van der Waals surface area contributed by atoms with Gasteiger partial charge in [0.25, 0.3) is 0 Å². The maximum absolute atomic E-state index is 13.8. The van der Waals surface area contributed by atoms with Crippen LogP contribution in [-0.4, -0.2) is 111 Å². The minimum absolute atomic E-state index is 0.0513. The number of halogens is 5. The molecule has 2 fully saturated rings. The number of hydrogen-bond acceptors (Lipinski definition) is 8. The van der Waals surface area contributed by atoms with Gasteiger partial charge in [0.15, 0.2) is 11.6 Å². The van der Waals surface area contributed by atoms with Gasteiger partial charge in [0.1, 0.15) is 11.6 Å². The van der Waals surface area contributed by atoms with Crippen molar-refractivity contribution in [2.75, 3.05) is 75.5 Å². The highest BCUT2D eigenvalue weighted by Gasteiger charge is 2.38. The van der Waals surface area contributed by atoms with Crippen molar-refractivity contribution < 1.29 is 55.4 Å². The number of carbonyl (C=O) groups is 5. The van der Waals surface area contributed by atoms with Gasteiger partial charge < -0.3 is 30.3 Å². The van der Waals surface area contributed by atoms with Crippen LogP contribution >= 0.6 is 0 Å². The summed E-state index contributed by atoms with van der Waals surface area (Å²) < 4.78 is 74.9. The van der Waals surface area contributed by atoms with E-state index in [1.165, 1.54) is 69.7 Å². The SMILES string of the molecule is NCC(=O)c1ccc(CN(C(=O)N2CCOCC2)c2cccc(F)c2)cc1.O=C(CNC(=O)C(F)(F)F)c1ccc(CN(C(=O)N2CCOCC2)c2cccc(F)c2)cc1. The highest BCUT2D eigenvalue weighted by molar-refractivity contribution is 6.00. The van der Waals surface area contributed by atoms with Gasteiger partial charge in [-0.25, -0.2) is 18.4 Å². The zero-order chi connectivity index (χ0) is 43.2. The van der Waals surface area contributed by atoms with E-state index in [9.17, 15) is 45.9 Å². The fourth-order valence-electron chi connectivity index (χ4n) is 6.12. The molecule has 0 aliphatic carbocycles. The molecular weight excluding hydrogens is 795 g/mol. The Morgan fingerprint density at radius 1 is 0.617 bits per heavy atom. The van der Waals surface area contributed by atoms with Gasteiger partial charge in [0, 0.05) is 48.7 Å². The van der Waals surface area contributed by atoms with Gasteiger partial charge in [-0.3, -0.25) is 24.2 Å². The van der Waals surface area contributed by atoms with E-state index in [4.69, 9.17) is 15.2 Å². The predicted octanol–water partition coefficient (Wildman–Crippen LogP) is 5.57. The van der Waals surface area contributed by atoms with Crippen LogP contribution in [0.25, 0.3) is 0 Å². The first kappa shape index (κ1) is 44.9. The lowest BCUT2D eigenvalue weighted by Gasteiger charge is -2.33. The van der Waals surface area contributed by atoms with Crippen LogP contribution in [0, 0.1) is 11.6 Å². The number of ether oxygens (including phenoxy) is 2. The first-order valence-electron chi connectivity index (χ1n) is 18.8. The molecule has 4 aromatic rings. The van der Waals surface area contributed by atoms with Crippen molar-refractivity contribution in [2.45, 2.75) is 19.3 Å². The summed E-state index contributed by atoms with van der Waals surface area (Å²) in [5.74, 6) is -3.96. The van der Waals surface area contributed by atoms with Crippen molar-refractivity contribution in [1.29, 1.82) is 0 Å². The first-order chi connectivity index (χ1) is 28.7. The van der Waals surface area contributed by atoms with Gasteiger partial charge in [-0.05, 0) is 47.5 Å². The Bertz CT molecular complexity index is 2110. The molecule has 2 aliphatic rings. The van der Waals surface area contributed by atoms with Crippen molar-refractivity contribution in [3.8, 4) is 0 Å². The molecule has 13 nitrogen and oxygen atoms in total. The molecule has 0 unspecified atom stereocenters. The van der Waals surface area contributed by atoms with E-state index in [-0.39, 0.29) is 43.0 Å². The molecule has 0 bridgehead atoms. The van der Waals surface area contributed by atoms with Crippen LogP contribution in [0.3, 0.4) is 0 Å². The van der Waals surface area contributed by atoms with Gasteiger partial charge in [-0.2, -0.15) is 13.2 Å². The molecule has 0 saturated carbocycles. The number of morpholine rings is 2. The zero-order valence-corrected chi connectivity index (χ0v) is 32.3. The second-order valence-corrected chi connectivity index (χ2v) is 13.5. The Labute approximate surface area is 342 Å². The van der Waals surface area contributed by atoms with Gasteiger partial charge in [0.05, 0.1) is 52.6 Å². The van der Waals surface area contributed by atoms with Crippen molar-refractivity contribution in [3.63, 3.8) is 0 Å². The number of rotatable bonds is 11. The molecule has 18 heteroatoms. The Morgan fingerprint density at radius 3 is 1.38 bits per heavy atom.